The smallest absolute Gasteiger partial charge is 0.226 e. The van der Waals surface area contributed by atoms with E-state index in [0.717, 1.165) is 12.8 Å². The lowest BCUT2D eigenvalue weighted by atomic mass is 9.81. The fourth-order valence-corrected chi connectivity index (χ4v) is 1.90. The fraction of sp³-hybridized carbons (Fsp3) is 0.500. The minimum absolute atomic E-state index is 0.162. The van der Waals surface area contributed by atoms with Crippen molar-refractivity contribution in [1.82, 2.24) is 5.32 Å². The van der Waals surface area contributed by atoms with E-state index in [1.54, 1.807) is 0 Å². The average molecular weight is 217 g/mol. The summed E-state index contributed by atoms with van der Waals surface area (Å²) in [6.07, 6.45) is 1.84. The van der Waals surface area contributed by atoms with E-state index in [9.17, 15) is 4.79 Å². The predicted octanol–water partition coefficient (Wildman–Crippen LogP) is 2.84. The van der Waals surface area contributed by atoms with Gasteiger partial charge in [0.25, 0.3) is 0 Å². The molecule has 2 nitrogen and oxygen atoms in total. The molecule has 0 saturated carbocycles. The normalized spacial score (nSPS) is 18.6. The summed E-state index contributed by atoms with van der Waals surface area (Å²) in [5.74, 6) is 0.162. The molecule has 2 rings (SSSR count). The molecule has 1 aromatic carbocycles. The molecule has 0 radical (unpaired) electrons. The summed E-state index contributed by atoms with van der Waals surface area (Å²) in [7, 11) is 0. The number of amides is 1. The van der Waals surface area contributed by atoms with Gasteiger partial charge in [-0.05, 0) is 24.0 Å². The Bertz CT molecular complexity index is 409. The molecule has 0 spiro atoms. The van der Waals surface area contributed by atoms with Crippen molar-refractivity contribution >= 4 is 5.91 Å². The van der Waals surface area contributed by atoms with E-state index in [-0.39, 0.29) is 17.4 Å². The van der Waals surface area contributed by atoms with Crippen LogP contribution in [0.2, 0.25) is 0 Å². The highest BCUT2D eigenvalue weighted by Gasteiger charge is 2.32. The molecule has 16 heavy (non-hydrogen) atoms. The summed E-state index contributed by atoms with van der Waals surface area (Å²) in [6.45, 7) is 6.04. The van der Waals surface area contributed by atoms with Gasteiger partial charge in [-0.15, -0.1) is 0 Å². The molecule has 0 bridgehead atoms. The monoisotopic (exact) mass is 217 g/mol. The molecule has 0 aromatic heterocycles. The van der Waals surface area contributed by atoms with Crippen molar-refractivity contribution in [1.29, 1.82) is 0 Å². The third-order valence-corrected chi connectivity index (χ3v) is 3.66. The SMILES string of the molecule is CCC(C)(C)C(=O)NC1Cc2ccccc21. The Kier molecular flexibility index (Phi) is 2.75. The molecule has 1 aliphatic rings. The van der Waals surface area contributed by atoms with Crippen LogP contribution in [0.25, 0.3) is 0 Å². The molecule has 1 atom stereocenters. The Morgan fingerprint density at radius 2 is 2.12 bits per heavy atom. The molecule has 1 aromatic rings. The molecular weight excluding hydrogens is 198 g/mol. The van der Waals surface area contributed by atoms with Crippen LogP contribution in [0.1, 0.15) is 44.4 Å². The molecule has 0 saturated heterocycles. The molecule has 1 aliphatic carbocycles. The zero-order chi connectivity index (χ0) is 11.8. The minimum atomic E-state index is -0.259. The molecular formula is C14H19NO. The Morgan fingerprint density at radius 1 is 1.44 bits per heavy atom. The second kappa shape index (κ2) is 3.93. The number of fused-ring (bicyclic) bond motifs is 1. The van der Waals surface area contributed by atoms with Crippen LogP contribution in [0.15, 0.2) is 24.3 Å². The van der Waals surface area contributed by atoms with Crippen LogP contribution in [-0.2, 0) is 11.2 Å². The van der Waals surface area contributed by atoms with E-state index in [0.29, 0.717) is 0 Å². The summed E-state index contributed by atoms with van der Waals surface area (Å²) in [5.41, 5.74) is 2.38. The van der Waals surface area contributed by atoms with E-state index in [2.05, 4.69) is 17.4 Å². The van der Waals surface area contributed by atoms with E-state index >= 15 is 0 Å². The molecule has 0 fully saturated rings. The lowest BCUT2D eigenvalue weighted by Gasteiger charge is -2.33. The maximum atomic E-state index is 12.0. The first kappa shape index (κ1) is 11.2. The topological polar surface area (TPSA) is 29.1 Å². The number of carbonyl (C=O) groups is 1. The minimum Gasteiger partial charge on any atom is -0.348 e. The third-order valence-electron chi connectivity index (χ3n) is 3.66. The number of hydrogen-bond donors (Lipinski definition) is 1. The third kappa shape index (κ3) is 1.84. The summed E-state index contributed by atoms with van der Waals surface area (Å²) in [5, 5.41) is 3.12. The number of hydrogen-bond acceptors (Lipinski definition) is 1. The van der Waals surface area contributed by atoms with Gasteiger partial charge in [0.15, 0.2) is 0 Å². The first-order valence-electron chi connectivity index (χ1n) is 5.93. The summed E-state index contributed by atoms with van der Waals surface area (Å²) in [6, 6.07) is 8.54. The zero-order valence-corrected chi connectivity index (χ0v) is 10.2. The van der Waals surface area contributed by atoms with Crippen LogP contribution >= 0.6 is 0 Å². The maximum absolute atomic E-state index is 12.0. The first-order chi connectivity index (χ1) is 7.54. The predicted molar refractivity (Wildman–Crippen MR) is 65.1 cm³/mol. The van der Waals surface area contributed by atoms with Gasteiger partial charge in [-0.1, -0.05) is 45.0 Å². The van der Waals surface area contributed by atoms with Crippen LogP contribution < -0.4 is 5.32 Å². The van der Waals surface area contributed by atoms with Crippen molar-refractivity contribution in [3.05, 3.63) is 35.4 Å². The number of carbonyl (C=O) groups excluding carboxylic acids is 1. The largest absolute Gasteiger partial charge is 0.348 e. The Labute approximate surface area is 97.1 Å². The van der Waals surface area contributed by atoms with Gasteiger partial charge in [0.1, 0.15) is 0 Å². The van der Waals surface area contributed by atoms with Crippen molar-refractivity contribution in [2.24, 2.45) is 5.41 Å². The zero-order valence-electron chi connectivity index (χ0n) is 10.2. The van der Waals surface area contributed by atoms with E-state index in [4.69, 9.17) is 0 Å². The van der Waals surface area contributed by atoms with Gasteiger partial charge in [0.05, 0.1) is 6.04 Å². The molecule has 0 aliphatic heterocycles. The van der Waals surface area contributed by atoms with E-state index in [1.807, 2.05) is 32.9 Å². The van der Waals surface area contributed by atoms with Gasteiger partial charge >= 0.3 is 0 Å². The lowest BCUT2D eigenvalue weighted by molar-refractivity contribution is -0.130. The molecule has 1 unspecified atom stereocenters. The molecule has 1 amide bonds. The number of rotatable bonds is 3. The average Bonchev–Trinajstić information content (AvgIpc) is 2.25. The van der Waals surface area contributed by atoms with Crippen LogP contribution in [0.4, 0.5) is 0 Å². The second-order valence-corrected chi connectivity index (χ2v) is 5.17. The standard InChI is InChI=1S/C14H19NO/c1-4-14(2,3)13(16)15-12-9-10-7-5-6-8-11(10)12/h5-8,12H,4,9H2,1-3H3,(H,15,16). The number of benzene rings is 1. The summed E-state index contributed by atoms with van der Waals surface area (Å²) in [4.78, 5) is 12.0. The van der Waals surface area contributed by atoms with Gasteiger partial charge in [0, 0.05) is 5.41 Å². The van der Waals surface area contributed by atoms with Gasteiger partial charge in [-0.3, -0.25) is 4.79 Å². The highest BCUT2D eigenvalue weighted by atomic mass is 16.2. The molecule has 0 heterocycles. The summed E-state index contributed by atoms with van der Waals surface area (Å²) >= 11 is 0. The summed E-state index contributed by atoms with van der Waals surface area (Å²) < 4.78 is 0. The van der Waals surface area contributed by atoms with E-state index in [1.165, 1.54) is 11.1 Å². The number of nitrogens with one attached hydrogen (secondary N) is 1. The van der Waals surface area contributed by atoms with Crippen LogP contribution in [0.3, 0.4) is 0 Å². The van der Waals surface area contributed by atoms with Gasteiger partial charge in [-0.2, -0.15) is 0 Å². The second-order valence-electron chi connectivity index (χ2n) is 5.17. The highest BCUT2D eigenvalue weighted by Crippen LogP contribution is 2.33. The van der Waals surface area contributed by atoms with Crippen molar-refractivity contribution in [3.8, 4) is 0 Å². The Balaban J connectivity index is 2.02. The van der Waals surface area contributed by atoms with Crippen molar-refractivity contribution in [2.45, 2.75) is 39.7 Å². The van der Waals surface area contributed by atoms with Crippen molar-refractivity contribution in [2.75, 3.05) is 0 Å². The first-order valence-corrected chi connectivity index (χ1v) is 5.93. The van der Waals surface area contributed by atoms with Crippen LogP contribution in [0.5, 0.6) is 0 Å². The molecule has 86 valence electrons. The van der Waals surface area contributed by atoms with Gasteiger partial charge in [0.2, 0.25) is 5.91 Å². The van der Waals surface area contributed by atoms with E-state index < -0.39 is 0 Å². The van der Waals surface area contributed by atoms with Crippen LogP contribution in [-0.4, -0.2) is 5.91 Å². The fourth-order valence-electron chi connectivity index (χ4n) is 1.90. The van der Waals surface area contributed by atoms with Gasteiger partial charge < -0.3 is 5.32 Å². The van der Waals surface area contributed by atoms with Gasteiger partial charge in [-0.25, -0.2) is 0 Å². The van der Waals surface area contributed by atoms with Crippen molar-refractivity contribution in [3.63, 3.8) is 0 Å². The molecule has 1 N–H and O–H groups in total. The Morgan fingerprint density at radius 3 is 2.75 bits per heavy atom. The van der Waals surface area contributed by atoms with Crippen molar-refractivity contribution < 1.29 is 4.79 Å². The Hall–Kier alpha value is -1.31. The maximum Gasteiger partial charge on any atom is 0.226 e. The van der Waals surface area contributed by atoms with Crippen LogP contribution in [0, 0.1) is 5.41 Å². The lowest BCUT2D eigenvalue weighted by Crippen LogP contribution is -2.42. The highest BCUT2D eigenvalue weighted by molar-refractivity contribution is 5.82. The molecule has 2 heteroatoms. The quantitative estimate of drug-likeness (QED) is 0.828.